The molecule has 1 amide bonds. The lowest BCUT2D eigenvalue weighted by atomic mass is 10.1. The lowest BCUT2D eigenvalue weighted by Crippen LogP contribution is -2.33. The molecule has 0 saturated heterocycles. The second-order valence-electron chi connectivity index (χ2n) is 5.64. The Morgan fingerprint density at radius 1 is 1.04 bits per heavy atom. The first kappa shape index (κ1) is 16.9. The van der Waals surface area contributed by atoms with Gasteiger partial charge >= 0.3 is 0 Å². The number of carbonyl (C=O) groups excluding carboxylic acids is 1. The maximum absolute atomic E-state index is 11.9. The van der Waals surface area contributed by atoms with E-state index in [0.717, 1.165) is 28.1 Å². The number of benzene rings is 2. The molecule has 2 N–H and O–H groups in total. The normalized spacial score (nSPS) is 10.2. The minimum Gasteiger partial charge on any atom is -0.492 e. The zero-order chi connectivity index (χ0) is 16.7. The average Bonchev–Trinajstić information content (AvgIpc) is 2.51. The number of ether oxygens (including phenoxy) is 1. The van der Waals surface area contributed by atoms with E-state index in [-0.39, 0.29) is 12.5 Å². The summed E-state index contributed by atoms with van der Waals surface area (Å²) in [6.07, 6.45) is 0. The molecule has 2 aromatic carbocycles. The molecule has 0 radical (unpaired) electrons. The van der Waals surface area contributed by atoms with Gasteiger partial charge in [-0.2, -0.15) is 0 Å². The third-order valence-electron chi connectivity index (χ3n) is 3.59. The standard InChI is InChI=1S/C19H24N2O2/c1-14-6-4-9-17(12-14)23-11-10-20-18(22)13-21-19-15(2)7-5-8-16(19)3/h4-9,12,21H,10-11,13H2,1-3H3,(H,20,22). The van der Waals surface area contributed by atoms with Crippen molar-refractivity contribution in [1.82, 2.24) is 5.32 Å². The Hall–Kier alpha value is -2.49. The van der Waals surface area contributed by atoms with Crippen LogP contribution in [0.25, 0.3) is 0 Å². The van der Waals surface area contributed by atoms with E-state index in [1.54, 1.807) is 0 Å². The highest BCUT2D eigenvalue weighted by atomic mass is 16.5. The molecule has 2 aromatic rings. The lowest BCUT2D eigenvalue weighted by molar-refractivity contribution is -0.119. The minimum atomic E-state index is -0.0412. The molecule has 122 valence electrons. The molecule has 0 aliphatic carbocycles. The van der Waals surface area contributed by atoms with E-state index in [1.807, 2.05) is 63.2 Å². The van der Waals surface area contributed by atoms with E-state index in [1.165, 1.54) is 0 Å². The number of rotatable bonds is 7. The van der Waals surface area contributed by atoms with Crippen molar-refractivity contribution in [1.29, 1.82) is 0 Å². The van der Waals surface area contributed by atoms with Gasteiger partial charge in [-0.3, -0.25) is 4.79 Å². The predicted molar refractivity (Wildman–Crippen MR) is 94.1 cm³/mol. The van der Waals surface area contributed by atoms with Crippen molar-refractivity contribution < 1.29 is 9.53 Å². The first-order valence-electron chi connectivity index (χ1n) is 7.82. The predicted octanol–water partition coefficient (Wildman–Crippen LogP) is 3.22. The summed E-state index contributed by atoms with van der Waals surface area (Å²) in [4.78, 5) is 11.9. The van der Waals surface area contributed by atoms with Crippen LogP contribution in [-0.2, 0) is 4.79 Å². The Labute approximate surface area is 137 Å². The number of nitrogens with one attached hydrogen (secondary N) is 2. The molecular formula is C19H24N2O2. The number of anilines is 1. The zero-order valence-electron chi connectivity index (χ0n) is 14.0. The lowest BCUT2D eigenvalue weighted by Gasteiger charge is -2.13. The van der Waals surface area contributed by atoms with Crippen molar-refractivity contribution in [3.05, 3.63) is 59.2 Å². The van der Waals surface area contributed by atoms with Gasteiger partial charge in [0, 0.05) is 5.69 Å². The van der Waals surface area contributed by atoms with Crippen LogP contribution in [0, 0.1) is 20.8 Å². The first-order chi connectivity index (χ1) is 11.1. The first-order valence-corrected chi connectivity index (χ1v) is 7.82. The number of para-hydroxylation sites is 1. The number of carbonyl (C=O) groups is 1. The SMILES string of the molecule is Cc1cccc(OCCNC(=O)CNc2c(C)cccc2C)c1. The van der Waals surface area contributed by atoms with Crippen molar-refractivity contribution in [3.63, 3.8) is 0 Å². The highest BCUT2D eigenvalue weighted by Crippen LogP contribution is 2.18. The molecule has 0 saturated carbocycles. The summed E-state index contributed by atoms with van der Waals surface area (Å²) >= 11 is 0. The number of hydrogen-bond donors (Lipinski definition) is 2. The molecule has 0 aliphatic heterocycles. The molecule has 0 bridgehead atoms. The molecular weight excluding hydrogens is 288 g/mol. The molecule has 0 atom stereocenters. The Morgan fingerprint density at radius 3 is 2.43 bits per heavy atom. The van der Waals surface area contributed by atoms with Crippen molar-refractivity contribution in [3.8, 4) is 5.75 Å². The van der Waals surface area contributed by atoms with Crippen molar-refractivity contribution in [2.75, 3.05) is 25.0 Å². The smallest absolute Gasteiger partial charge is 0.239 e. The Morgan fingerprint density at radius 2 is 1.74 bits per heavy atom. The second kappa shape index (κ2) is 8.22. The Balaban J connectivity index is 1.69. The molecule has 4 heteroatoms. The van der Waals surface area contributed by atoms with Crippen LogP contribution in [-0.4, -0.2) is 25.6 Å². The molecule has 0 aromatic heterocycles. The summed E-state index contributed by atoms with van der Waals surface area (Å²) in [5.41, 5.74) is 4.46. The summed E-state index contributed by atoms with van der Waals surface area (Å²) in [7, 11) is 0. The quantitative estimate of drug-likeness (QED) is 0.772. The van der Waals surface area contributed by atoms with Crippen LogP contribution in [0.15, 0.2) is 42.5 Å². The van der Waals surface area contributed by atoms with E-state index in [2.05, 4.69) is 10.6 Å². The largest absolute Gasteiger partial charge is 0.492 e. The van der Waals surface area contributed by atoms with Crippen molar-refractivity contribution in [2.45, 2.75) is 20.8 Å². The minimum absolute atomic E-state index is 0.0412. The van der Waals surface area contributed by atoms with Crippen LogP contribution < -0.4 is 15.4 Å². The second-order valence-corrected chi connectivity index (χ2v) is 5.64. The van der Waals surface area contributed by atoms with Gasteiger partial charge in [0.1, 0.15) is 12.4 Å². The van der Waals surface area contributed by atoms with Crippen LogP contribution in [0.2, 0.25) is 0 Å². The maximum Gasteiger partial charge on any atom is 0.239 e. The average molecular weight is 312 g/mol. The summed E-state index contributed by atoms with van der Waals surface area (Å²) in [6.45, 7) is 7.29. The number of hydrogen-bond acceptors (Lipinski definition) is 3. The van der Waals surface area contributed by atoms with Gasteiger partial charge in [-0.15, -0.1) is 0 Å². The molecule has 2 rings (SSSR count). The molecule has 23 heavy (non-hydrogen) atoms. The fourth-order valence-electron chi connectivity index (χ4n) is 2.39. The van der Waals surface area contributed by atoms with Crippen molar-refractivity contribution in [2.24, 2.45) is 0 Å². The van der Waals surface area contributed by atoms with E-state index >= 15 is 0 Å². The van der Waals surface area contributed by atoms with Gasteiger partial charge in [0.15, 0.2) is 0 Å². The van der Waals surface area contributed by atoms with Gasteiger partial charge in [0.25, 0.3) is 0 Å². The van der Waals surface area contributed by atoms with Gasteiger partial charge in [-0.1, -0.05) is 30.3 Å². The fraction of sp³-hybridized carbons (Fsp3) is 0.316. The monoisotopic (exact) mass is 312 g/mol. The molecule has 0 fully saturated rings. The van der Waals surface area contributed by atoms with Gasteiger partial charge < -0.3 is 15.4 Å². The molecule has 0 heterocycles. The van der Waals surface area contributed by atoms with Crippen LogP contribution >= 0.6 is 0 Å². The molecule has 0 unspecified atom stereocenters. The molecule has 4 nitrogen and oxygen atoms in total. The summed E-state index contributed by atoms with van der Waals surface area (Å²) in [6, 6.07) is 13.9. The Bertz CT molecular complexity index is 648. The number of aryl methyl sites for hydroxylation is 3. The zero-order valence-corrected chi connectivity index (χ0v) is 14.0. The van der Waals surface area contributed by atoms with E-state index in [9.17, 15) is 4.79 Å². The van der Waals surface area contributed by atoms with Gasteiger partial charge in [0.2, 0.25) is 5.91 Å². The number of amides is 1. The van der Waals surface area contributed by atoms with E-state index < -0.39 is 0 Å². The highest BCUT2D eigenvalue weighted by Gasteiger charge is 2.05. The van der Waals surface area contributed by atoms with E-state index in [0.29, 0.717) is 13.2 Å². The van der Waals surface area contributed by atoms with E-state index in [4.69, 9.17) is 4.74 Å². The summed E-state index contributed by atoms with van der Waals surface area (Å²) in [5, 5.41) is 6.04. The Kier molecular flexibility index (Phi) is 6.03. The maximum atomic E-state index is 11.9. The highest BCUT2D eigenvalue weighted by molar-refractivity contribution is 5.81. The third-order valence-corrected chi connectivity index (χ3v) is 3.59. The van der Waals surface area contributed by atoms with Crippen LogP contribution in [0.3, 0.4) is 0 Å². The third kappa shape index (κ3) is 5.33. The molecule has 0 spiro atoms. The van der Waals surface area contributed by atoms with Gasteiger partial charge in [-0.05, 0) is 49.6 Å². The van der Waals surface area contributed by atoms with Crippen LogP contribution in [0.5, 0.6) is 5.75 Å². The van der Waals surface area contributed by atoms with Gasteiger partial charge in [0.05, 0.1) is 13.1 Å². The fourth-order valence-corrected chi connectivity index (χ4v) is 2.39. The molecule has 0 aliphatic rings. The van der Waals surface area contributed by atoms with Crippen LogP contribution in [0.4, 0.5) is 5.69 Å². The summed E-state index contributed by atoms with van der Waals surface area (Å²) < 4.78 is 5.60. The topological polar surface area (TPSA) is 50.4 Å². The van der Waals surface area contributed by atoms with Crippen molar-refractivity contribution >= 4 is 11.6 Å². The van der Waals surface area contributed by atoms with Gasteiger partial charge in [-0.25, -0.2) is 0 Å². The summed E-state index contributed by atoms with van der Waals surface area (Å²) in [5.74, 6) is 0.786. The van der Waals surface area contributed by atoms with Crippen LogP contribution in [0.1, 0.15) is 16.7 Å².